The molecule has 2 aromatic heterocycles. The Balaban J connectivity index is 1.58. The van der Waals surface area contributed by atoms with Crippen LogP contribution in [0.1, 0.15) is 17.0 Å². The molecule has 2 aromatic rings. The van der Waals surface area contributed by atoms with E-state index in [1.54, 1.807) is 18.3 Å². The van der Waals surface area contributed by atoms with E-state index in [0.717, 1.165) is 25.2 Å². The van der Waals surface area contributed by atoms with Crippen molar-refractivity contribution in [3.8, 4) is 0 Å². The third kappa shape index (κ3) is 3.42. The van der Waals surface area contributed by atoms with Gasteiger partial charge in [-0.2, -0.15) is 0 Å². The van der Waals surface area contributed by atoms with Gasteiger partial charge < -0.3 is 14.8 Å². The highest BCUT2D eigenvalue weighted by atomic mass is 32.1. The van der Waals surface area contributed by atoms with Gasteiger partial charge in [0.2, 0.25) is 5.91 Å². The Morgan fingerprint density at radius 2 is 2.32 bits per heavy atom. The number of nitrogens with one attached hydrogen (secondary N) is 1. The summed E-state index contributed by atoms with van der Waals surface area (Å²) in [7, 11) is 2.08. The summed E-state index contributed by atoms with van der Waals surface area (Å²) in [5.41, 5.74) is 1.00. The van der Waals surface area contributed by atoms with E-state index < -0.39 is 0 Å². The van der Waals surface area contributed by atoms with Crippen LogP contribution in [-0.4, -0.2) is 34.0 Å². The van der Waals surface area contributed by atoms with Gasteiger partial charge in [0.05, 0.1) is 5.69 Å². The zero-order chi connectivity index (χ0) is 15.5. The molecule has 1 aliphatic rings. The molecule has 0 bridgehead atoms. The maximum Gasteiger partial charge on any atom is 0.250 e. The average Bonchev–Trinajstić information content (AvgIpc) is 2.87. The summed E-state index contributed by atoms with van der Waals surface area (Å²) < 4.78 is 1.53. The Morgan fingerprint density at radius 1 is 1.45 bits per heavy atom. The van der Waals surface area contributed by atoms with Crippen molar-refractivity contribution in [1.29, 1.82) is 0 Å². The molecule has 22 heavy (non-hydrogen) atoms. The third-order valence-electron chi connectivity index (χ3n) is 3.65. The first kappa shape index (κ1) is 14.9. The van der Waals surface area contributed by atoms with E-state index in [-0.39, 0.29) is 17.9 Å². The number of carbonyl (C=O) groups excluding carboxylic acids is 1. The topological polar surface area (TPSA) is 67.2 Å². The largest absolute Gasteiger partial charge is 0.315 e. The molecule has 0 atom stereocenters. The number of aromatic nitrogens is 2. The molecule has 1 N–H and O–H groups in total. The van der Waals surface area contributed by atoms with Crippen LogP contribution in [0.15, 0.2) is 29.2 Å². The zero-order valence-corrected chi connectivity index (χ0v) is 13.2. The highest BCUT2D eigenvalue weighted by molar-refractivity contribution is 7.15. The van der Waals surface area contributed by atoms with Crippen molar-refractivity contribution in [2.45, 2.75) is 25.9 Å². The smallest absolute Gasteiger partial charge is 0.250 e. The van der Waals surface area contributed by atoms with Gasteiger partial charge in [0.15, 0.2) is 5.13 Å². The first-order chi connectivity index (χ1) is 10.6. The molecule has 3 heterocycles. The summed E-state index contributed by atoms with van der Waals surface area (Å²) in [6, 6.07) is 4.96. The normalized spacial score (nSPS) is 14.6. The van der Waals surface area contributed by atoms with E-state index in [1.165, 1.54) is 26.8 Å². The quantitative estimate of drug-likeness (QED) is 0.923. The SMILES string of the molecule is CN1CCc2nc(NC(=O)CCn3ccccc3=O)sc2C1. The molecule has 1 aliphatic heterocycles. The fourth-order valence-electron chi connectivity index (χ4n) is 2.43. The van der Waals surface area contributed by atoms with Crippen molar-refractivity contribution >= 4 is 22.4 Å². The van der Waals surface area contributed by atoms with Crippen molar-refractivity contribution < 1.29 is 4.79 Å². The maximum atomic E-state index is 12.0. The van der Waals surface area contributed by atoms with E-state index in [9.17, 15) is 9.59 Å². The Kier molecular flexibility index (Phi) is 4.35. The van der Waals surface area contributed by atoms with Crippen LogP contribution in [-0.2, 0) is 24.3 Å². The lowest BCUT2D eigenvalue weighted by atomic mass is 10.2. The van der Waals surface area contributed by atoms with E-state index in [1.807, 2.05) is 0 Å². The molecule has 3 rings (SSSR count). The van der Waals surface area contributed by atoms with Crippen LogP contribution in [0.4, 0.5) is 5.13 Å². The van der Waals surface area contributed by atoms with Crippen molar-refractivity contribution in [3.63, 3.8) is 0 Å². The number of rotatable bonds is 4. The Morgan fingerprint density at radius 3 is 3.14 bits per heavy atom. The monoisotopic (exact) mass is 318 g/mol. The van der Waals surface area contributed by atoms with Gasteiger partial charge in [-0.15, -0.1) is 11.3 Å². The van der Waals surface area contributed by atoms with Crippen molar-refractivity contribution in [3.05, 3.63) is 45.3 Å². The van der Waals surface area contributed by atoms with Crippen molar-refractivity contribution in [2.75, 3.05) is 18.9 Å². The fourth-order valence-corrected chi connectivity index (χ4v) is 3.53. The molecular weight excluding hydrogens is 300 g/mol. The predicted octanol–water partition coefficient (Wildman–Crippen LogP) is 1.32. The number of nitrogens with zero attached hydrogens (tertiary/aromatic N) is 3. The second-order valence-electron chi connectivity index (χ2n) is 5.41. The number of amides is 1. The molecule has 7 heteroatoms. The number of thiazole rings is 1. The number of pyridine rings is 1. The van der Waals surface area contributed by atoms with Gasteiger partial charge in [0.25, 0.3) is 5.56 Å². The number of likely N-dealkylation sites (N-methyl/N-ethyl adjacent to an activating group) is 1. The highest BCUT2D eigenvalue weighted by Crippen LogP contribution is 2.27. The van der Waals surface area contributed by atoms with Crippen molar-refractivity contribution in [2.24, 2.45) is 0 Å². The summed E-state index contributed by atoms with van der Waals surface area (Å²) in [4.78, 5) is 31.5. The lowest BCUT2D eigenvalue weighted by molar-refractivity contribution is -0.116. The number of aryl methyl sites for hydroxylation is 1. The van der Waals surface area contributed by atoms with Crippen LogP contribution >= 0.6 is 11.3 Å². The standard InChI is InChI=1S/C15H18N4O2S/c1-18-8-5-11-12(10-18)22-15(16-11)17-13(20)6-9-19-7-3-2-4-14(19)21/h2-4,7H,5-6,8-10H2,1H3,(H,16,17,20). The van der Waals surface area contributed by atoms with Crippen LogP contribution in [0, 0.1) is 0 Å². The molecule has 0 unspecified atom stereocenters. The molecule has 0 saturated carbocycles. The average molecular weight is 318 g/mol. The molecule has 0 saturated heterocycles. The number of fused-ring (bicyclic) bond motifs is 1. The van der Waals surface area contributed by atoms with Gasteiger partial charge in [0, 0.05) is 49.6 Å². The fraction of sp³-hybridized carbons (Fsp3) is 0.400. The lowest BCUT2D eigenvalue weighted by Gasteiger charge is -2.20. The van der Waals surface area contributed by atoms with E-state index in [4.69, 9.17) is 0 Å². The van der Waals surface area contributed by atoms with Crippen LogP contribution in [0.5, 0.6) is 0 Å². The van der Waals surface area contributed by atoms with Gasteiger partial charge in [-0.25, -0.2) is 4.98 Å². The maximum absolute atomic E-state index is 12.0. The zero-order valence-electron chi connectivity index (χ0n) is 12.4. The molecule has 0 aliphatic carbocycles. The molecule has 0 spiro atoms. The van der Waals surface area contributed by atoms with Crippen LogP contribution in [0.25, 0.3) is 0 Å². The number of anilines is 1. The first-order valence-corrected chi connectivity index (χ1v) is 8.06. The summed E-state index contributed by atoms with van der Waals surface area (Å²) in [6.45, 7) is 2.27. The number of hydrogen-bond donors (Lipinski definition) is 1. The molecule has 6 nitrogen and oxygen atoms in total. The minimum Gasteiger partial charge on any atom is -0.315 e. The van der Waals surface area contributed by atoms with Crippen molar-refractivity contribution in [1.82, 2.24) is 14.5 Å². The second kappa shape index (κ2) is 6.41. The minimum absolute atomic E-state index is 0.0944. The minimum atomic E-state index is -0.116. The number of carbonyl (C=O) groups is 1. The van der Waals surface area contributed by atoms with Gasteiger partial charge in [-0.1, -0.05) is 6.07 Å². The number of hydrogen-bond acceptors (Lipinski definition) is 5. The molecule has 0 radical (unpaired) electrons. The van der Waals surface area contributed by atoms with Crippen LogP contribution < -0.4 is 10.9 Å². The van der Waals surface area contributed by atoms with Gasteiger partial charge in [-0.3, -0.25) is 9.59 Å². The Bertz CT molecular complexity index is 737. The third-order valence-corrected chi connectivity index (χ3v) is 4.65. The molecular formula is C15H18N4O2S. The Labute approximate surface area is 132 Å². The molecule has 1 amide bonds. The Hall–Kier alpha value is -1.99. The molecule has 116 valence electrons. The summed E-state index contributed by atoms with van der Waals surface area (Å²) in [5.74, 6) is -0.116. The van der Waals surface area contributed by atoms with Crippen LogP contribution in [0.2, 0.25) is 0 Å². The molecule has 0 aromatic carbocycles. The summed E-state index contributed by atoms with van der Waals surface area (Å²) in [6.07, 6.45) is 2.87. The van der Waals surface area contributed by atoms with Crippen LogP contribution in [0.3, 0.4) is 0 Å². The van der Waals surface area contributed by atoms with Gasteiger partial charge >= 0.3 is 0 Å². The van der Waals surface area contributed by atoms with Gasteiger partial charge in [-0.05, 0) is 13.1 Å². The van der Waals surface area contributed by atoms with E-state index in [0.29, 0.717) is 11.7 Å². The van der Waals surface area contributed by atoms with E-state index >= 15 is 0 Å². The lowest BCUT2D eigenvalue weighted by Crippen LogP contribution is -2.25. The summed E-state index contributed by atoms with van der Waals surface area (Å²) in [5, 5.41) is 3.50. The van der Waals surface area contributed by atoms with E-state index in [2.05, 4.69) is 22.2 Å². The summed E-state index contributed by atoms with van der Waals surface area (Å²) >= 11 is 1.54. The highest BCUT2D eigenvalue weighted by Gasteiger charge is 2.19. The first-order valence-electron chi connectivity index (χ1n) is 7.24. The molecule has 0 fully saturated rings. The van der Waals surface area contributed by atoms with Gasteiger partial charge in [0.1, 0.15) is 0 Å². The predicted molar refractivity (Wildman–Crippen MR) is 86.1 cm³/mol. The second-order valence-corrected chi connectivity index (χ2v) is 6.49.